The Bertz CT molecular complexity index is 830. The number of hydrogen-bond donors (Lipinski definition) is 2. The predicted molar refractivity (Wildman–Crippen MR) is 75.1 cm³/mol. The molecule has 2 aromatic carbocycles. The van der Waals surface area contributed by atoms with Crippen LogP contribution in [0, 0.1) is 0 Å². The zero-order chi connectivity index (χ0) is 13.6. The number of rotatable bonds is 2. The van der Waals surface area contributed by atoms with Gasteiger partial charge in [0.25, 0.3) is 20.2 Å². The topological polar surface area (TPSA) is 109 Å². The van der Waals surface area contributed by atoms with Gasteiger partial charge in [-0.05, 0) is 17.5 Å². The average Bonchev–Trinajstić information content (AvgIpc) is 2.25. The van der Waals surface area contributed by atoms with E-state index in [1.807, 2.05) is 0 Å². The van der Waals surface area contributed by atoms with E-state index in [1.54, 1.807) is 12.1 Å². The summed E-state index contributed by atoms with van der Waals surface area (Å²) >= 11 is 0. The fourth-order valence-electron chi connectivity index (χ4n) is 1.61. The van der Waals surface area contributed by atoms with Crippen molar-refractivity contribution in [2.75, 3.05) is 0 Å². The van der Waals surface area contributed by atoms with Gasteiger partial charge in [-0.2, -0.15) is 16.8 Å². The van der Waals surface area contributed by atoms with E-state index in [4.69, 9.17) is 9.11 Å². The molecule has 10 heteroatoms. The summed E-state index contributed by atoms with van der Waals surface area (Å²) in [6.07, 6.45) is 0. The van der Waals surface area contributed by atoms with Gasteiger partial charge in [-0.15, -0.1) is 0 Å². The van der Waals surface area contributed by atoms with Crippen LogP contribution in [0.25, 0.3) is 10.8 Å². The molecular weight excluding hydrogens is 358 g/mol. The summed E-state index contributed by atoms with van der Waals surface area (Å²) in [6.45, 7) is 0. The molecule has 0 aromatic heterocycles. The fraction of sp³-hybridized carbons (Fsp3) is 0. The van der Waals surface area contributed by atoms with Crippen LogP contribution in [0.4, 0.5) is 0 Å². The molecule has 0 heterocycles. The van der Waals surface area contributed by atoms with Crippen molar-refractivity contribution in [2.24, 2.45) is 0 Å². The quantitative estimate of drug-likeness (QED) is 0.594. The van der Waals surface area contributed by atoms with E-state index in [0.29, 0.717) is 6.07 Å². The maximum atomic E-state index is 11.2. The fourth-order valence-corrected chi connectivity index (χ4v) is 2.97. The molecule has 0 aliphatic carbocycles. The molecule has 2 aromatic rings. The van der Waals surface area contributed by atoms with Crippen LogP contribution in [-0.2, 0) is 20.2 Å². The van der Waals surface area contributed by atoms with E-state index in [0.717, 1.165) is 6.07 Å². The normalized spacial score (nSPS) is 11.5. The van der Waals surface area contributed by atoms with Crippen molar-refractivity contribution < 1.29 is 25.9 Å². The third-order valence-electron chi connectivity index (χ3n) is 2.37. The first kappa shape index (κ1) is 21.8. The van der Waals surface area contributed by atoms with Crippen LogP contribution >= 0.6 is 0 Å². The summed E-state index contributed by atoms with van der Waals surface area (Å²) in [6, 6.07) is 7.85. The van der Waals surface area contributed by atoms with Gasteiger partial charge in [0.2, 0.25) is 0 Å². The van der Waals surface area contributed by atoms with E-state index in [2.05, 4.69) is 0 Å². The van der Waals surface area contributed by atoms with Crippen molar-refractivity contribution >= 4 is 134 Å². The standard InChI is InChI=1S/C10H8O6S2.2K/c11-17(12,13)8-5-7-3-1-2-4-9(7)10(6-8)18(14,15)16;;/h1-6H,(H,11,12,13)(H,14,15,16);;. The minimum absolute atomic E-state index is 0. The first-order chi connectivity index (χ1) is 8.19. The van der Waals surface area contributed by atoms with Crippen LogP contribution in [0.5, 0.6) is 0 Å². The summed E-state index contributed by atoms with van der Waals surface area (Å²) in [5.41, 5.74) is 0. The average molecular weight is 366 g/mol. The molecule has 6 nitrogen and oxygen atoms in total. The minimum atomic E-state index is -4.59. The van der Waals surface area contributed by atoms with Crippen molar-refractivity contribution in [2.45, 2.75) is 9.79 Å². The van der Waals surface area contributed by atoms with Crippen LogP contribution in [0.3, 0.4) is 0 Å². The molecule has 0 aliphatic heterocycles. The van der Waals surface area contributed by atoms with Gasteiger partial charge in [-0.1, -0.05) is 24.3 Å². The Morgan fingerprint density at radius 3 is 1.85 bits per heavy atom. The molecule has 2 rings (SSSR count). The van der Waals surface area contributed by atoms with Crippen LogP contribution < -0.4 is 0 Å². The molecule has 2 N–H and O–H groups in total. The van der Waals surface area contributed by atoms with Crippen molar-refractivity contribution in [3.63, 3.8) is 0 Å². The molecule has 0 amide bonds. The number of fused-ring (bicyclic) bond motifs is 1. The second-order valence-corrected chi connectivity index (χ2v) is 6.40. The third-order valence-corrected chi connectivity index (χ3v) is 4.10. The Balaban J connectivity index is 0.00000180. The summed E-state index contributed by atoms with van der Waals surface area (Å²) in [4.78, 5) is -1.15. The van der Waals surface area contributed by atoms with Gasteiger partial charge in [-0.25, -0.2) is 0 Å². The second kappa shape index (κ2) is 8.06. The summed E-state index contributed by atoms with van der Waals surface area (Å²) < 4.78 is 62.5. The zero-order valence-electron chi connectivity index (χ0n) is 10.8. The molecular formula is C10H8K2O6S2. The summed E-state index contributed by atoms with van der Waals surface area (Å²) in [7, 11) is -9.14. The second-order valence-electron chi connectivity index (χ2n) is 3.59. The van der Waals surface area contributed by atoms with E-state index in [-0.39, 0.29) is 114 Å². The Labute approximate surface area is 201 Å². The van der Waals surface area contributed by atoms with Gasteiger partial charge >= 0.3 is 0 Å². The molecule has 2 radical (unpaired) electrons. The van der Waals surface area contributed by atoms with Gasteiger partial charge in [0.15, 0.2) is 0 Å². The van der Waals surface area contributed by atoms with Gasteiger partial charge < -0.3 is 0 Å². The Kier molecular flexibility index (Phi) is 8.78. The third kappa shape index (κ3) is 5.16. The minimum Gasteiger partial charge on any atom is -0.282 e. The predicted octanol–water partition coefficient (Wildman–Crippen LogP) is 0.572. The number of hydrogen-bond acceptors (Lipinski definition) is 4. The number of benzene rings is 2. The molecule has 0 aliphatic rings. The van der Waals surface area contributed by atoms with E-state index >= 15 is 0 Å². The molecule has 0 spiro atoms. The van der Waals surface area contributed by atoms with Crippen molar-refractivity contribution in [1.82, 2.24) is 0 Å². The maximum Gasteiger partial charge on any atom is 0.295 e. The SMILES string of the molecule is O=S(=O)(O)c1cc(S(=O)(=O)O)c2ccccc2c1.[K].[K]. The van der Waals surface area contributed by atoms with E-state index in [1.165, 1.54) is 12.1 Å². The smallest absolute Gasteiger partial charge is 0.282 e. The monoisotopic (exact) mass is 366 g/mol. The molecule has 0 bridgehead atoms. The molecule has 0 unspecified atom stereocenters. The van der Waals surface area contributed by atoms with E-state index in [9.17, 15) is 16.8 Å². The Morgan fingerprint density at radius 2 is 1.35 bits per heavy atom. The summed E-state index contributed by atoms with van der Waals surface area (Å²) in [5.74, 6) is 0. The molecule has 20 heavy (non-hydrogen) atoms. The zero-order valence-corrected chi connectivity index (χ0v) is 18.7. The van der Waals surface area contributed by atoms with Gasteiger partial charge in [-0.3, -0.25) is 9.11 Å². The van der Waals surface area contributed by atoms with Gasteiger partial charge in [0.05, 0.1) is 4.90 Å². The van der Waals surface area contributed by atoms with Crippen LogP contribution in [0.2, 0.25) is 0 Å². The molecule has 0 atom stereocenters. The molecule has 0 fully saturated rings. The van der Waals surface area contributed by atoms with Gasteiger partial charge in [0, 0.05) is 108 Å². The Morgan fingerprint density at radius 1 is 0.800 bits per heavy atom. The van der Waals surface area contributed by atoms with Crippen molar-refractivity contribution in [3.05, 3.63) is 36.4 Å². The molecule has 0 saturated carbocycles. The van der Waals surface area contributed by atoms with Crippen LogP contribution in [0.1, 0.15) is 0 Å². The first-order valence-electron chi connectivity index (χ1n) is 4.67. The first-order valence-corrected chi connectivity index (χ1v) is 7.55. The molecule has 98 valence electrons. The molecule has 0 saturated heterocycles. The summed E-state index contributed by atoms with van der Waals surface area (Å²) in [5, 5.41) is 0.452. The van der Waals surface area contributed by atoms with Crippen LogP contribution in [0.15, 0.2) is 46.2 Å². The largest absolute Gasteiger partial charge is 0.295 e. The van der Waals surface area contributed by atoms with E-state index < -0.39 is 30.0 Å². The Hall–Kier alpha value is 1.79. The van der Waals surface area contributed by atoms with Crippen molar-refractivity contribution in [1.29, 1.82) is 0 Å². The maximum absolute atomic E-state index is 11.2. The van der Waals surface area contributed by atoms with Crippen LogP contribution in [-0.4, -0.2) is 129 Å². The van der Waals surface area contributed by atoms with Crippen molar-refractivity contribution in [3.8, 4) is 0 Å². The van der Waals surface area contributed by atoms with Gasteiger partial charge in [0.1, 0.15) is 4.90 Å².